The summed E-state index contributed by atoms with van der Waals surface area (Å²) < 4.78 is 0. The monoisotopic (exact) mass is 1540 g/mol. The minimum absolute atomic E-state index is 0.0220. The molecule has 0 saturated carbocycles. The molecule has 28 N–H and O–H groups in total. The average molecular weight is 1550 g/mol. The number of aromatic hydroxyl groups is 1. The Morgan fingerprint density at radius 3 is 0.798 bits per heavy atom. The first-order valence-electron chi connectivity index (χ1n) is 39.2. The fraction of sp³-hybridized carbons (Fsp3) is 0.747. The van der Waals surface area contributed by atoms with Gasteiger partial charge in [-0.05, 0) is 229 Å². The largest absolute Gasteiger partial charge is 0.508 e. The molecule has 0 unspecified atom stereocenters. The van der Waals surface area contributed by atoms with Crippen molar-refractivity contribution >= 4 is 76.9 Å². The molecule has 0 aromatic heterocycles. The lowest BCUT2D eigenvalue weighted by atomic mass is 9.99. The van der Waals surface area contributed by atoms with Gasteiger partial charge < -0.3 is 114 Å². The first-order valence-corrected chi connectivity index (χ1v) is 39.2. The Hall–Kier alpha value is -8.15. The zero-order chi connectivity index (χ0) is 82.3. The van der Waals surface area contributed by atoms with Gasteiger partial charge in [-0.15, -0.1) is 0 Å². The molecule has 12 amide bonds. The standard InChI is InChI=1S/C75H137N19O15/c1-44(2)39-58(71(104)84-48(9)63(96)85-54(25-13-19-35-78)69(102)93-60(41-46(5)6)73(106)94-62(75(108)109)42-47(7)8)92-70(103)57(28-16-22-38-81)87-68(101)55(26-14-20-36-79)88-72(105)59(40-45(3)4)90-64(97)49(10)83-66(99)53(24-12-18-34-77)86-67(100)56(27-15-21-37-80)89-74(107)61(43-50-29-31-51(95)32-30-50)91-65(98)52(82)23-11-17-33-76/h29-32,44-49,52-62,95H,11-28,33-43,76-82H2,1-10H3,(H,83,99)(H,84,104)(H,85,96)(H,86,100)(H,87,101)(H,88,105)(H,89,107)(H,90,97)(H,91,98)(H,92,103)(H,93,102)(H,94,106)(H,108,109)/t48-,49-,52-,53-,54-,55-,56-,57-,58-,59-,60-,61-,62-/m0/s1. The van der Waals surface area contributed by atoms with Crippen LogP contribution in [0.1, 0.15) is 216 Å². The van der Waals surface area contributed by atoms with Gasteiger partial charge >= 0.3 is 5.97 Å². The van der Waals surface area contributed by atoms with Gasteiger partial charge in [0.2, 0.25) is 70.9 Å². The molecular weight excluding hydrogens is 1410 g/mol. The van der Waals surface area contributed by atoms with Crippen LogP contribution in [0.5, 0.6) is 5.75 Å². The van der Waals surface area contributed by atoms with E-state index in [4.69, 9.17) is 40.1 Å². The summed E-state index contributed by atoms with van der Waals surface area (Å²) in [6, 6.07) is -10.1. The predicted octanol–water partition coefficient (Wildman–Crippen LogP) is -0.838. The molecule has 0 spiro atoms. The molecule has 0 aliphatic carbocycles. The highest BCUT2D eigenvalue weighted by Crippen LogP contribution is 2.17. The van der Waals surface area contributed by atoms with Crippen LogP contribution in [0.4, 0.5) is 0 Å². The lowest BCUT2D eigenvalue weighted by molar-refractivity contribution is -0.143. The zero-order valence-corrected chi connectivity index (χ0v) is 66.4. The number of phenolic OH excluding ortho intramolecular Hbond substituents is 1. The maximum absolute atomic E-state index is 14.6. The van der Waals surface area contributed by atoms with Gasteiger partial charge in [-0.3, -0.25) is 57.5 Å². The number of rotatable bonds is 59. The third kappa shape index (κ3) is 41.5. The summed E-state index contributed by atoms with van der Waals surface area (Å²) in [4.78, 5) is 182. The summed E-state index contributed by atoms with van der Waals surface area (Å²) in [6.45, 7) is 18.9. The van der Waals surface area contributed by atoms with Crippen LogP contribution in [-0.4, -0.2) is 205 Å². The Balaban J connectivity index is 3.55. The second-order valence-corrected chi connectivity index (χ2v) is 30.1. The van der Waals surface area contributed by atoms with E-state index in [-0.39, 0.29) is 126 Å². The van der Waals surface area contributed by atoms with Crippen molar-refractivity contribution < 1.29 is 72.5 Å². The summed E-state index contributed by atoms with van der Waals surface area (Å²) in [7, 11) is 0. The van der Waals surface area contributed by atoms with Gasteiger partial charge in [0.1, 0.15) is 78.3 Å². The van der Waals surface area contributed by atoms with Crippen molar-refractivity contribution in [1.82, 2.24) is 63.8 Å². The summed E-state index contributed by atoms with van der Waals surface area (Å²) in [5.41, 5.74) is 41.6. The second-order valence-electron chi connectivity index (χ2n) is 30.1. The van der Waals surface area contributed by atoms with Crippen LogP contribution in [0, 0.1) is 23.7 Å². The molecule has 34 nitrogen and oxygen atoms in total. The SMILES string of the molecule is CC(C)C[C@H](NC(=O)[C@H](CC(C)C)NC(=O)[C@H](CCCCN)NC(=O)[C@H](C)NC(=O)[C@H](CC(C)C)NC(=O)[C@H](CCCCN)NC(=O)[C@H](CCCCN)NC(=O)[C@H](CC(C)C)NC(=O)[C@H](C)NC(=O)[C@H](CCCCN)NC(=O)[C@H](CCCCN)NC(=O)[C@H](Cc1ccc(O)cc1)NC(=O)[C@@H](N)CCCCN)C(=O)O. The van der Waals surface area contributed by atoms with Crippen LogP contribution in [0.25, 0.3) is 0 Å². The third-order valence-corrected chi connectivity index (χ3v) is 18.1. The number of hydrogen-bond donors (Lipinski definition) is 21. The van der Waals surface area contributed by atoms with E-state index in [9.17, 15) is 72.5 Å². The fourth-order valence-corrected chi connectivity index (χ4v) is 11.9. The molecule has 0 fully saturated rings. The predicted molar refractivity (Wildman–Crippen MR) is 417 cm³/mol. The van der Waals surface area contributed by atoms with Crippen LogP contribution in [-0.2, 0) is 68.7 Å². The molecule has 1 aromatic rings. The molecule has 109 heavy (non-hydrogen) atoms. The molecule has 34 heteroatoms. The number of unbranched alkanes of at least 4 members (excludes halogenated alkanes) is 6. The van der Waals surface area contributed by atoms with Crippen LogP contribution >= 0.6 is 0 Å². The molecule has 0 aliphatic rings. The van der Waals surface area contributed by atoms with Gasteiger partial charge in [0.25, 0.3) is 0 Å². The molecule has 0 bridgehead atoms. The highest BCUT2D eigenvalue weighted by Gasteiger charge is 2.37. The summed E-state index contributed by atoms with van der Waals surface area (Å²) in [5, 5.41) is 52.3. The quantitative estimate of drug-likeness (QED) is 0.0354. The van der Waals surface area contributed by atoms with Crippen molar-refractivity contribution in [3.63, 3.8) is 0 Å². The van der Waals surface area contributed by atoms with Crippen LogP contribution < -0.4 is 104 Å². The summed E-state index contributed by atoms with van der Waals surface area (Å²) >= 11 is 0. The van der Waals surface area contributed by atoms with Crippen LogP contribution in [0.3, 0.4) is 0 Å². The number of carboxylic acid groups (broad SMARTS) is 1. The van der Waals surface area contributed by atoms with Gasteiger partial charge in [0.05, 0.1) is 6.04 Å². The van der Waals surface area contributed by atoms with Crippen molar-refractivity contribution in [1.29, 1.82) is 0 Å². The molecule has 1 rings (SSSR count). The Bertz CT molecular complexity index is 2950. The first-order chi connectivity index (χ1) is 51.6. The molecule has 622 valence electrons. The van der Waals surface area contributed by atoms with E-state index in [2.05, 4.69) is 63.8 Å². The number of nitrogens with two attached hydrogens (primary N) is 7. The van der Waals surface area contributed by atoms with Gasteiger partial charge in [0.15, 0.2) is 0 Å². The number of carbonyl (C=O) groups excluding carboxylic acids is 12. The van der Waals surface area contributed by atoms with Crippen molar-refractivity contribution in [2.75, 3.05) is 39.3 Å². The lowest BCUT2D eigenvalue weighted by Crippen LogP contribution is -2.60. The van der Waals surface area contributed by atoms with Gasteiger partial charge in [-0.2, -0.15) is 0 Å². The number of benzene rings is 1. The maximum atomic E-state index is 14.6. The number of carboxylic acids is 1. The normalized spacial score (nSPS) is 15.0. The average Bonchev–Trinajstić information content (AvgIpc) is 0.861. The van der Waals surface area contributed by atoms with E-state index in [1.807, 2.05) is 27.7 Å². The van der Waals surface area contributed by atoms with Crippen LogP contribution in [0.2, 0.25) is 0 Å². The lowest BCUT2D eigenvalue weighted by Gasteiger charge is -2.28. The van der Waals surface area contributed by atoms with Gasteiger partial charge in [0, 0.05) is 6.42 Å². The van der Waals surface area contributed by atoms with E-state index in [0.29, 0.717) is 95.6 Å². The Kier molecular flexibility index (Phi) is 50.1. The third-order valence-electron chi connectivity index (χ3n) is 18.1. The highest BCUT2D eigenvalue weighted by molar-refractivity contribution is 5.99. The van der Waals surface area contributed by atoms with E-state index in [1.165, 1.54) is 26.0 Å². The van der Waals surface area contributed by atoms with Crippen molar-refractivity contribution in [2.45, 2.75) is 295 Å². The van der Waals surface area contributed by atoms with Crippen molar-refractivity contribution in [3.05, 3.63) is 29.8 Å². The van der Waals surface area contributed by atoms with Gasteiger partial charge in [-0.25, -0.2) is 4.79 Å². The minimum atomic E-state index is -1.33. The topological polar surface area (TPSA) is 589 Å². The van der Waals surface area contributed by atoms with Crippen molar-refractivity contribution in [3.8, 4) is 5.75 Å². The number of carbonyl (C=O) groups is 13. The fourth-order valence-electron chi connectivity index (χ4n) is 11.9. The summed E-state index contributed by atoms with van der Waals surface area (Å²) in [6.07, 6.45) is 6.22. The molecular formula is C75H137N19O15. The van der Waals surface area contributed by atoms with E-state index >= 15 is 0 Å². The molecule has 0 saturated heterocycles. The summed E-state index contributed by atoms with van der Waals surface area (Å²) in [5.74, 6) is -10.9. The molecule has 0 heterocycles. The molecule has 0 radical (unpaired) electrons. The highest BCUT2D eigenvalue weighted by atomic mass is 16.4. The number of phenols is 1. The molecule has 0 aliphatic heterocycles. The number of nitrogens with one attached hydrogen (secondary N) is 12. The zero-order valence-electron chi connectivity index (χ0n) is 66.4. The Morgan fingerprint density at radius 2 is 0.505 bits per heavy atom. The smallest absolute Gasteiger partial charge is 0.326 e. The second kappa shape index (κ2) is 55.3. The molecule has 1 aromatic carbocycles. The minimum Gasteiger partial charge on any atom is -0.508 e. The Labute approximate surface area is 644 Å². The van der Waals surface area contributed by atoms with Crippen molar-refractivity contribution in [2.24, 2.45) is 63.8 Å². The number of hydrogen-bond acceptors (Lipinski definition) is 21. The Morgan fingerprint density at radius 1 is 0.284 bits per heavy atom. The van der Waals surface area contributed by atoms with E-state index in [1.54, 1.807) is 39.8 Å². The van der Waals surface area contributed by atoms with E-state index < -0.39 is 155 Å². The number of amides is 12. The first kappa shape index (κ1) is 98.9. The van der Waals surface area contributed by atoms with E-state index in [0.717, 1.165) is 0 Å². The van der Waals surface area contributed by atoms with Crippen LogP contribution in [0.15, 0.2) is 24.3 Å². The van der Waals surface area contributed by atoms with Gasteiger partial charge in [-0.1, -0.05) is 73.9 Å². The number of aliphatic carboxylic acids is 1. The maximum Gasteiger partial charge on any atom is 0.326 e. The molecule has 13 atom stereocenters.